The summed E-state index contributed by atoms with van der Waals surface area (Å²) in [5, 5.41) is 7.49. The second kappa shape index (κ2) is 12.0. The summed E-state index contributed by atoms with van der Waals surface area (Å²) in [5.74, 6) is 0.714. The van der Waals surface area contributed by atoms with Crippen molar-refractivity contribution in [2.45, 2.75) is 26.2 Å². The van der Waals surface area contributed by atoms with Crippen molar-refractivity contribution < 1.29 is 8.42 Å². The molecule has 10 heteroatoms. The first-order valence-electron chi connectivity index (χ1n) is 7.27. The molecular formula is C13H26IN5O2S2. The van der Waals surface area contributed by atoms with Gasteiger partial charge in [-0.2, -0.15) is 0 Å². The zero-order valence-corrected chi connectivity index (χ0v) is 17.7. The quantitative estimate of drug-likeness (QED) is 0.214. The molecule has 0 aromatic carbocycles. The fourth-order valence-electron chi connectivity index (χ4n) is 1.69. The summed E-state index contributed by atoms with van der Waals surface area (Å²) in [5.41, 5.74) is 0. The first kappa shape index (κ1) is 22.5. The number of nitrogens with zero attached hydrogens (tertiary/aromatic N) is 2. The SMILES string of the molecule is CCc1cnc(CCNC(=NC)NCCCNS(C)(=O)=O)s1.I. The predicted molar refractivity (Wildman–Crippen MR) is 107 cm³/mol. The number of aryl methyl sites for hydroxylation is 1. The van der Waals surface area contributed by atoms with E-state index in [9.17, 15) is 8.42 Å². The van der Waals surface area contributed by atoms with E-state index in [4.69, 9.17) is 0 Å². The molecule has 1 aromatic rings. The van der Waals surface area contributed by atoms with Gasteiger partial charge in [0.2, 0.25) is 10.0 Å². The minimum atomic E-state index is -3.10. The van der Waals surface area contributed by atoms with Crippen LogP contribution in [-0.4, -0.2) is 52.3 Å². The van der Waals surface area contributed by atoms with Gasteiger partial charge >= 0.3 is 0 Å². The number of hydrogen-bond donors (Lipinski definition) is 3. The number of nitrogens with one attached hydrogen (secondary N) is 3. The lowest BCUT2D eigenvalue weighted by Crippen LogP contribution is -2.39. The van der Waals surface area contributed by atoms with Crippen LogP contribution < -0.4 is 15.4 Å². The van der Waals surface area contributed by atoms with Crippen LogP contribution in [0.15, 0.2) is 11.2 Å². The Morgan fingerprint density at radius 1 is 1.30 bits per heavy atom. The van der Waals surface area contributed by atoms with Crippen LogP contribution in [0, 0.1) is 0 Å². The first-order chi connectivity index (χ1) is 10.4. The van der Waals surface area contributed by atoms with Gasteiger partial charge in [-0.3, -0.25) is 4.99 Å². The third-order valence-electron chi connectivity index (χ3n) is 2.82. The highest BCUT2D eigenvalue weighted by Crippen LogP contribution is 2.13. The summed E-state index contributed by atoms with van der Waals surface area (Å²) in [6, 6.07) is 0. The Morgan fingerprint density at radius 2 is 2.00 bits per heavy atom. The van der Waals surface area contributed by atoms with Crippen LogP contribution in [0.3, 0.4) is 0 Å². The summed E-state index contributed by atoms with van der Waals surface area (Å²) in [6.07, 6.45) is 5.67. The van der Waals surface area contributed by atoms with Gasteiger partial charge < -0.3 is 10.6 Å². The van der Waals surface area contributed by atoms with E-state index in [0.29, 0.717) is 25.5 Å². The molecule has 134 valence electrons. The highest BCUT2D eigenvalue weighted by atomic mass is 127. The standard InChI is InChI=1S/C13H25N5O2S2.HI/c1-4-11-10-17-12(21-11)6-9-16-13(14-2)15-7-5-8-18-22(3,19)20;/h10,18H,4-9H2,1-3H3,(H2,14,15,16);1H. The van der Waals surface area contributed by atoms with Gasteiger partial charge in [-0.25, -0.2) is 18.1 Å². The number of guanidine groups is 1. The van der Waals surface area contributed by atoms with Gasteiger partial charge in [0.05, 0.1) is 11.3 Å². The molecule has 0 amide bonds. The maximum atomic E-state index is 10.9. The van der Waals surface area contributed by atoms with E-state index >= 15 is 0 Å². The molecule has 0 spiro atoms. The molecule has 0 aliphatic rings. The summed E-state index contributed by atoms with van der Waals surface area (Å²) < 4.78 is 24.3. The second-order valence-corrected chi connectivity index (χ2v) is 7.80. The van der Waals surface area contributed by atoms with E-state index in [2.05, 4.69) is 32.3 Å². The minimum absolute atomic E-state index is 0. The number of hydrogen-bond acceptors (Lipinski definition) is 5. The summed E-state index contributed by atoms with van der Waals surface area (Å²) in [7, 11) is -1.39. The lowest BCUT2D eigenvalue weighted by Gasteiger charge is -2.11. The molecule has 23 heavy (non-hydrogen) atoms. The molecular weight excluding hydrogens is 449 g/mol. The van der Waals surface area contributed by atoms with Crippen molar-refractivity contribution in [1.82, 2.24) is 20.3 Å². The normalized spacial score (nSPS) is 11.9. The van der Waals surface area contributed by atoms with Crippen LogP contribution in [0.5, 0.6) is 0 Å². The molecule has 0 fully saturated rings. The van der Waals surface area contributed by atoms with Gasteiger partial charge in [0.15, 0.2) is 5.96 Å². The Bertz CT molecular complexity index is 575. The zero-order chi connectivity index (χ0) is 16.4. The fourth-order valence-corrected chi connectivity index (χ4v) is 3.07. The van der Waals surface area contributed by atoms with Gasteiger partial charge in [-0.1, -0.05) is 6.92 Å². The second-order valence-electron chi connectivity index (χ2n) is 4.77. The average molecular weight is 475 g/mol. The number of sulfonamides is 1. The fraction of sp³-hybridized carbons (Fsp3) is 0.692. The van der Waals surface area contributed by atoms with Crippen LogP contribution >= 0.6 is 35.3 Å². The molecule has 3 N–H and O–H groups in total. The Hall–Kier alpha value is -0.460. The Kier molecular flexibility index (Phi) is 11.7. The number of aliphatic imine (C=N–C) groups is 1. The van der Waals surface area contributed by atoms with Crippen LogP contribution in [0.2, 0.25) is 0 Å². The van der Waals surface area contributed by atoms with Gasteiger partial charge in [0.1, 0.15) is 0 Å². The van der Waals surface area contributed by atoms with Gasteiger partial charge in [0, 0.05) is 44.2 Å². The smallest absolute Gasteiger partial charge is 0.208 e. The average Bonchev–Trinajstić information content (AvgIpc) is 2.92. The highest BCUT2D eigenvalue weighted by Gasteiger charge is 2.02. The molecule has 0 aliphatic carbocycles. The van der Waals surface area contributed by atoms with Crippen molar-refractivity contribution in [1.29, 1.82) is 0 Å². The van der Waals surface area contributed by atoms with E-state index in [0.717, 1.165) is 30.6 Å². The molecule has 0 saturated heterocycles. The summed E-state index contributed by atoms with van der Waals surface area (Å²) in [4.78, 5) is 9.80. The molecule has 0 saturated carbocycles. The van der Waals surface area contributed by atoms with Crippen molar-refractivity contribution in [3.05, 3.63) is 16.1 Å². The van der Waals surface area contributed by atoms with Crippen LogP contribution in [0.25, 0.3) is 0 Å². The van der Waals surface area contributed by atoms with Crippen molar-refractivity contribution >= 4 is 51.3 Å². The first-order valence-corrected chi connectivity index (χ1v) is 9.98. The maximum absolute atomic E-state index is 10.9. The molecule has 1 rings (SSSR count). The van der Waals surface area contributed by atoms with Crippen molar-refractivity contribution in [2.75, 3.05) is 32.9 Å². The monoisotopic (exact) mass is 475 g/mol. The maximum Gasteiger partial charge on any atom is 0.208 e. The lowest BCUT2D eigenvalue weighted by atomic mass is 10.4. The molecule has 0 radical (unpaired) electrons. The van der Waals surface area contributed by atoms with Crippen molar-refractivity contribution in [2.24, 2.45) is 4.99 Å². The Labute approximate surface area is 159 Å². The number of aromatic nitrogens is 1. The van der Waals surface area contributed by atoms with E-state index in [1.165, 1.54) is 4.88 Å². The number of rotatable bonds is 9. The molecule has 1 heterocycles. The molecule has 1 aromatic heterocycles. The third kappa shape index (κ3) is 10.8. The lowest BCUT2D eigenvalue weighted by molar-refractivity contribution is 0.584. The summed E-state index contributed by atoms with van der Waals surface area (Å²) >= 11 is 1.74. The third-order valence-corrected chi connectivity index (χ3v) is 4.75. The largest absolute Gasteiger partial charge is 0.356 e. The van der Waals surface area contributed by atoms with E-state index in [-0.39, 0.29) is 24.0 Å². The Balaban J connectivity index is 0.00000484. The van der Waals surface area contributed by atoms with E-state index < -0.39 is 10.0 Å². The number of halogens is 1. The molecule has 0 unspecified atom stereocenters. The van der Waals surface area contributed by atoms with Gasteiger partial charge in [-0.05, 0) is 12.8 Å². The van der Waals surface area contributed by atoms with Crippen molar-refractivity contribution in [3.8, 4) is 0 Å². The zero-order valence-electron chi connectivity index (χ0n) is 13.8. The molecule has 7 nitrogen and oxygen atoms in total. The minimum Gasteiger partial charge on any atom is -0.356 e. The molecule has 0 aliphatic heterocycles. The highest BCUT2D eigenvalue weighted by molar-refractivity contribution is 14.0. The Morgan fingerprint density at radius 3 is 2.57 bits per heavy atom. The van der Waals surface area contributed by atoms with Crippen LogP contribution in [0.1, 0.15) is 23.2 Å². The van der Waals surface area contributed by atoms with Gasteiger partial charge in [-0.15, -0.1) is 35.3 Å². The van der Waals surface area contributed by atoms with Crippen LogP contribution in [0.4, 0.5) is 0 Å². The summed E-state index contributed by atoms with van der Waals surface area (Å²) in [6.45, 7) is 3.96. The molecule has 0 bridgehead atoms. The number of thiazole rings is 1. The van der Waals surface area contributed by atoms with E-state index in [1.54, 1.807) is 18.4 Å². The topological polar surface area (TPSA) is 95.5 Å². The van der Waals surface area contributed by atoms with Crippen LogP contribution in [-0.2, 0) is 22.9 Å². The molecule has 0 atom stereocenters. The van der Waals surface area contributed by atoms with Crippen molar-refractivity contribution in [3.63, 3.8) is 0 Å². The van der Waals surface area contributed by atoms with Gasteiger partial charge in [0.25, 0.3) is 0 Å². The van der Waals surface area contributed by atoms with E-state index in [1.807, 2.05) is 6.20 Å². The predicted octanol–water partition coefficient (Wildman–Crippen LogP) is 0.970.